The van der Waals surface area contributed by atoms with Crippen LogP contribution < -0.4 is 15.4 Å². The minimum absolute atomic E-state index is 0.131. The van der Waals surface area contributed by atoms with Crippen molar-refractivity contribution < 1.29 is 18.7 Å². The monoisotopic (exact) mass is 413 g/mol. The summed E-state index contributed by atoms with van der Waals surface area (Å²) >= 11 is 0. The van der Waals surface area contributed by atoms with Gasteiger partial charge in [-0.15, -0.1) is 0 Å². The molecule has 0 bridgehead atoms. The molecule has 0 radical (unpaired) electrons. The van der Waals surface area contributed by atoms with Crippen LogP contribution in [0.2, 0.25) is 0 Å². The molecule has 0 saturated carbocycles. The maximum atomic E-state index is 12.5. The second-order valence-corrected chi connectivity index (χ2v) is 8.36. The summed E-state index contributed by atoms with van der Waals surface area (Å²) in [4.78, 5) is 15.0. The number of nitrogens with one attached hydrogen (secondary N) is 2. The number of carbonyl (C=O) groups excluding carboxylic acids is 1. The van der Waals surface area contributed by atoms with Gasteiger partial charge in [-0.25, -0.2) is 0 Å². The number of fused-ring (bicyclic) bond motifs is 1. The van der Waals surface area contributed by atoms with Gasteiger partial charge in [0, 0.05) is 18.7 Å². The Balaban J connectivity index is 1.29. The van der Waals surface area contributed by atoms with Gasteiger partial charge in [-0.2, -0.15) is 0 Å². The topological polar surface area (TPSA) is 76.0 Å². The highest BCUT2D eigenvalue weighted by atomic mass is 16.5. The lowest BCUT2D eigenvalue weighted by Crippen LogP contribution is -2.44. The Hall–Kier alpha value is -2.51. The van der Waals surface area contributed by atoms with Gasteiger partial charge in [-0.05, 0) is 63.1 Å². The van der Waals surface area contributed by atoms with E-state index in [0.717, 1.165) is 62.9 Å². The Labute approximate surface area is 177 Å². The van der Waals surface area contributed by atoms with Crippen LogP contribution in [0.5, 0.6) is 5.75 Å². The molecule has 2 aliphatic rings. The predicted molar refractivity (Wildman–Crippen MR) is 115 cm³/mol. The van der Waals surface area contributed by atoms with E-state index in [9.17, 15) is 4.79 Å². The zero-order valence-electron chi connectivity index (χ0n) is 17.6. The molecule has 1 aromatic heterocycles. The van der Waals surface area contributed by atoms with E-state index >= 15 is 0 Å². The molecule has 1 aromatic carbocycles. The van der Waals surface area contributed by atoms with Crippen LogP contribution in [0.3, 0.4) is 0 Å². The number of nitrogens with zero attached hydrogens (tertiary/aromatic N) is 1. The number of benzene rings is 1. The first-order chi connectivity index (χ1) is 14.6. The average molecular weight is 414 g/mol. The Kier molecular flexibility index (Phi) is 6.59. The van der Waals surface area contributed by atoms with Gasteiger partial charge in [0.25, 0.3) is 5.91 Å². The van der Waals surface area contributed by atoms with E-state index in [2.05, 4.69) is 22.5 Å². The molecule has 3 heterocycles. The largest absolute Gasteiger partial charge is 0.489 e. The predicted octanol–water partition coefficient (Wildman–Crippen LogP) is 3.28. The van der Waals surface area contributed by atoms with E-state index < -0.39 is 0 Å². The highest BCUT2D eigenvalue weighted by Gasteiger charge is 2.30. The molecule has 2 aliphatic heterocycles. The van der Waals surface area contributed by atoms with E-state index in [0.29, 0.717) is 18.7 Å². The maximum Gasteiger partial charge on any atom is 0.251 e. The van der Waals surface area contributed by atoms with Crippen LogP contribution in [-0.2, 0) is 11.3 Å². The van der Waals surface area contributed by atoms with Gasteiger partial charge in [-0.1, -0.05) is 0 Å². The van der Waals surface area contributed by atoms with E-state index in [4.69, 9.17) is 13.9 Å². The maximum absolute atomic E-state index is 12.5. The van der Waals surface area contributed by atoms with E-state index in [-0.39, 0.29) is 11.4 Å². The van der Waals surface area contributed by atoms with Crippen LogP contribution >= 0.6 is 0 Å². The van der Waals surface area contributed by atoms with Crippen molar-refractivity contribution in [3.8, 4) is 5.75 Å². The molecule has 2 N–H and O–H groups in total. The number of unbranched alkanes of at least 4 members (excludes halogenated alkanes) is 1. The van der Waals surface area contributed by atoms with Crippen LogP contribution in [0, 0.1) is 0 Å². The Morgan fingerprint density at radius 3 is 2.90 bits per heavy atom. The molecule has 7 heteroatoms. The third kappa shape index (κ3) is 5.34. The third-order valence-electron chi connectivity index (χ3n) is 5.78. The zero-order valence-corrected chi connectivity index (χ0v) is 17.6. The zero-order chi connectivity index (χ0) is 20.8. The number of morpholine rings is 1. The second kappa shape index (κ2) is 9.53. The Morgan fingerprint density at radius 1 is 1.23 bits per heavy atom. The lowest BCUT2D eigenvalue weighted by Gasteiger charge is -2.37. The van der Waals surface area contributed by atoms with Crippen molar-refractivity contribution in [2.45, 2.75) is 38.3 Å². The quantitative estimate of drug-likeness (QED) is 0.647. The van der Waals surface area contributed by atoms with E-state index in [1.165, 1.54) is 6.42 Å². The number of rotatable bonds is 8. The highest BCUT2D eigenvalue weighted by molar-refractivity contribution is 5.95. The number of hydrogen-bond donors (Lipinski definition) is 2. The number of carbonyl (C=O) groups is 1. The molecule has 0 aliphatic carbocycles. The molecular formula is C23H31N3O4. The van der Waals surface area contributed by atoms with E-state index in [1.54, 1.807) is 12.3 Å². The van der Waals surface area contributed by atoms with Gasteiger partial charge in [0.2, 0.25) is 0 Å². The van der Waals surface area contributed by atoms with Crippen LogP contribution in [-0.4, -0.2) is 55.8 Å². The number of furan rings is 1. The van der Waals surface area contributed by atoms with Gasteiger partial charge < -0.3 is 24.5 Å². The van der Waals surface area contributed by atoms with Crippen LogP contribution in [0.15, 0.2) is 41.0 Å². The van der Waals surface area contributed by atoms with Crippen molar-refractivity contribution in [1.29, 1.82) is 0 Å². The fraction of sp³-hybridized carbons (Fsp3) is 0.522. The standard InChI is InChI=1S/C23H31N3O4/c1-23(8-2-3-9-26-10-13-28-14-11-26)17-30-21-7-6-18(15-20(21)25-23)22(27)24-16-19-5-4-12-29-19/h4-7,12,15,25H,2-3,8-11,13-14,16-17H2,1H3,(H,24,27). The first-order valence-corrected chi connectivity index (χ1v) is 10.8. The molecule has 1 unspecified atom stereocenters. The molecule has 1 amide bonds. The molecule has 0 spiro atoms. The van der Waals surface area contributed by atoms with Crippen molar-refractivity contribution in [3.05, 3.63) is 47.9 Å². The molecule has 1 saturated heterocycles. The van der Waals surface area contributed by atoms with Gasteiger partial charge in [-0.3, -0.25) is 9.69 Å². The summed E-state index contributed by atoms with van der Waals surface area (Å²) < 4.78 is 16.7. The summed E-state index contributed by atoms with van der Waals surface area (Å²) in [5.41, 5.74) is 1.34. The van der Waals surface area contributed by atoms with Crippen LogP contribution in [0.4, 0.5) is 5.69 Å². The number of ether oxygens (including phenoxy) is 2. The molecule has 162 valence electrons. The fourth-order valence-electron chi connectivity index (χ4n) is 3.99. The summed E-state index contributed by atoms with van der Waals surface area (Å²) in [6.07, 6.45) is 4.91. The summed E-state index contributed by atoms with van der Waals surface area (Å²) in [6, 6.07) is 9.18. The Bertz CT molecular complexity index is 833. The first kappa shape index (κ1) is 20.8. The van der Waals surface area contributed by atoms with Gasteiger partial charge in [0.15, 0.2) is 0 Å². The normalized spacial score (nSPS) is 21.4. The van der Waals surface area contributed by atoms with Crippen molar-refractivity contribution in [1.82, 2.24) is 10.2 Å². The summed E-state index contributed by atoms with van der Waals surface area (Å²) in [5, 5.41) is 6.51. The van der Waals surface area contributed by atoms with Crippen molar-refractivity contribution in [2.75, 3.05) is 44.8 Å². The number of hydrogen-bond acceptors (Lipinski definition) is 6. The number of anilines is 1. The minimum atomic E-state index is -0.138. The smallest absolute Gasteiger partial charge is 0.251 e. The first-order valence-electron chi connectivity index (χ1n) is 10.8. The molecule has 1 fully saturated rings. The lowest BCUT2D eigenvalue weighted by molar-refractivity contribution is 0.0369. The molecule has 1 atom stereocenters. The summed E-state index contributed by atoms with van der Waals surface area (Å²) in [6.45, 7) is 8.08. The summed E-state index contributed by atoms with van der Waals surface area (Å²) in [7, 11) is 0. The van der Waals surface area contributed by atoms with Crippen molar-refractivity contribution in [2.24, 2.45) is 0 Å². The molecule has 30 heavy (non-hydrogen) atoms. The minimum Gasteiger partial charge on any atom is -0.489 e. The second-order valence-electron chi connectivity index (χ2n) is 8.36. The van der Waals surface area contributed by atoms with Crippen molar-refractivity contribution >= 4 is 11.6 Å². The van der Waals surface area contributed by atoms with Crippen molar-refractivity contribution in [3.63, 3.8) is 0 Å². The van der Waals surface area contributed by atoms with Crippen LogP contribution in [0.1, 0.15) is 42.3 Å². The number of amides is 1. The third-order valence-corrected chi connectivity index (χ3v) is 5.78. The van der Waals surface area contributed by atoms with Gasteiger partial charge in [0.05, 0.1) is 37.2 Å². The molecular weight excluding hydrogens is 382 g/mol. The summed E-state index contributed by atoms with van der Waals surface area (Å²) in [5.74, 6) is 1.39. The fourth-order valence-corrected chi connectivity index (χ4v) is 3.99. The molecule has 2 aromatic rings. The molecule has 4 rings (SSSR count). The van der Waals surface area contributed by atoms with E-state index in [1.807, 2.05) is 24.3 Å². The molecule has 7 nitrogen and oxygen atoms in total. The highest BCUT2D eigenvalue weighted by Crippen LogP contribution is 2.35. The van der Waals surface area contributed by atoms with Gasteiger partial charge >= 0.3 is 0 Å². The average Bonchev–Trinajstić information content (AvgIpc) is 3.29. The lowest BCUT2D eigenvalue weighted by atomic mass is 9.93. The van der Waals surface area contributed by atoms with Crippen LogP contribution in [0.25, 0.3) is 0 Å². The SMILES string of the molecule is CC1(CCCCN2CCOCC2)COc2ccc(C(=O)NCc3ccco3)cc2N1. The van der Waals surface area contributed by atoms with Gasteiger partial charge in [0.1, 0.15) is 18.1 Å². The Morgan fingerprint density at radius 2 is 2.10 bits per heavy atom.